The first kappa shape index (κ1) is 21.6. The van der Waals surface area contributed by atoms with Gasteiger partial charge >= 0.3 is 6.61 Å². The molecule has 0 heterocycles. The number of nitrogens with one attached hydrogen (secondary N) is 1. The molecule has 2 rings (SSSR count). The van der Waals surface area contributed by atoms with Crippen molar-refractivity contribution in [2.75, 3.05) is 33.3 Å². The number of rotatable bonds is 11. The predicted octanol–water partition coefficient (Wildman–Crippen LogP) is 3.27. The first-order valence-electron chi connectivity index (χ1n) is 9.11. The Hall–Kier alpha value is -2.67. The molecule has 28 heavy (non-hydrogen) atoms. The molecule has 5 nitrogen and oxygen atoms in total. The van der Waals surface area contributed by atoms with Crippen molar-refractivity contribution >= 4 is 5.91 Å². The number of halogens is 2. The van der Waals surface area contributed by atoms with Crippen molar-refractivity contribution in [2.24, 2.45) is 0 Å². The molecule has 0 radical (unpaired) electrons. The summed E-state index contributed by atoms with van der Waals surface area (Å²) in [6.07, 6.45) is 0.612. The van der Waals surface area contributed by atoms with Gasteiger partial charge in [-0.05, 0) is 55.8 Å². The molecule has 0 aliphatic carbocycles. The fourth-order valence-corrected chi connectivity index (χ4v) is 2.59. The van der Waals surface area contributed by atoms with Crippen molar-refractivity contribution in [3.8, 4) is 11.5 Å². The van der Waals surface area contributed by atoms with Gasteiger partial charge in [0.05, 0.1) is 6.54 Å². The summed E-state index contributed by atoms with van der Waals surface area (Å²) in [6.45, 7) is 1.06. The van der Waals surface area contributed by atoms with Gasteiger partial charge in [0.25, 0.3) is 0 Å². The van der Waals surface area contributed by atoms with E-state index in [1.807, 2.05) is 43.1 Å². The summed E-state index contributed by atoms with van der Waals surface area (Å²) in [6, 6.07) is 14.2. The van der Waals surface area contributed by atoms with E-state index in [1.165, 1.54) is 12.1 Å². The van der Waals surface area contributed by atoms with E-state index in [4.69, 9.17) is 4.74 Å². The molecule has 0 saturated heterocycles. The highest BCUT2D eigenvalue weighted by Crippen LogP contribution is 2.15. The Balaban J connectivity index is 1.61. The van der Waals surface area contributed by atoms with Crippen LogP contribution in [0.3, 0.4) is 0 Å². The zero-order valence-electron chi connectivity index (χ0n) is 16.2. The van der Waals surface area contributed by atoms with Crippen molar-refractivity contribution in [2.45, 2.75) is 20.0 Å². The molecule has 0 aromatic heterocycles. The average molecular weight is 392 g/mol. The van der Waals surface area contributed by atoms with E-state index < -0.39 is 6.61 Å². The Morgan fingerprint density at radius 2 is 1.89 bits per heavy atom. The Morgan fingerprint density at radius 3 is 2.57 bits per heavy atom. The Kier molecular flexibility index (Phi) is 8.68. The zero-order chi connectivity index (χ0) is 20.4. The third-order valence-electron chi connectivity index (χ3n) is 4.03. The number of hydrogen-bond acceptors (Lipinski definition) is 4. The molecule has 2 aromatic carbocycles. The lowest BCUT2D eigenvalue weighted by molar-refractivity contribution is -0.121. The molecule has 0 aliphatic heterocycles. The number of hydrogen-bond donors (Lipinski definition) is 1. The minimum Gasteiger partial charge on any atom is -0.492 e. The van der Waals surface area contributed by atoms with Gasteiger partial charge < -0.3 is 14.8 Å². The molecule has 1 N–H and O–H groups in total. The van der Waals surface area contributed by atoms with E-state index in [-0.39, 0.29) is 18.2 Å². The van der Waals surface area contributed by atoms with Crippen LogP contribution in [-0.2, 0) is 11.2 Å². The minimum absolute atomic E-state index is 0.0734. The number of carbonyl (C=O) groups is 1. The van der Waals surface area contributed by atoms with E-state index in [0.29, 0.717) is 26.1 Å². The van der Waals surface area contributed by atoms with Crippen LogP contribution in [0.2, 0.25) is 0 Å². The number of amides is 1. The standard InChI is InChI=1S/C21H26F2N2O3/c1-16-4-3-5-19(14-16)27-13-12-25(2)15-20(26)24-11-10-17-6-8-18(9-7-17)28-21(22)23/h3-9,14,21H,10-13,15H2,1-2H3,(H,24,26). The van der Waals surface area contributed by atoms with E-state index in [0.717, 1.165) is 16.9 Å². The van der Waals surface area contributed by atoms with E-state index in [2.05, 4.69) is 10.1 Å². The van der Waals surface area contributed by atoms with Gasteiger partial charge in [0.1, 0.15) is 18.1 Å². The average Bonchev–Trinajstić information content (AvgIpc) is 2.63. The van der Waals surface area contributed by atoms with Crippen LogP contribution >= 0.6 is 0 Å². The molecule has 0 atom stereocenters. The lowest BCUT2D eigenvalue weighted by Gasteiger charge is -2.17. The zero-order valence-corrected chi connectivity index (χ0v) is 16.2. The lowest BCUT2D eigenvalue weighted by Crippen LogP contribution is -2.37. The van der Waals surface area contributed by atoms with Crippen molar-refractivity contribution < 1.29 is 23.0 Å². The summed E-state index contributed by atoms with van der Waals surface area (Å²) >= 11 is 0. The highest BCUT2D eigenvalue weighted by atomic mass is 19.3. The maximum absolute atomic E-state index is 12.1. The number of carbonyl (C=O) groups excluding carboxylic acids is 1. The summed E-state index contributed by atoms with van der Waals surface area (Å²) in [4.78, 5) is 13.9. The molecule has 0 saturated carbocycles. The third kappa shape index (κ3) is 8.35. The van der Waals surface area contributed by atoms with Crippen LogP contribution in [0.15, 0.2) is 48.5 Å². The molecule has 0 fully saturated rings. The van der Waals surface area contributed by atoms with Crippen LogP contribution in [-0.4, -0.2) is 50.7 Å². The summed E-state index contributed by atoms with van der Waals surface area (Å²) in [5.74, 6) is 0.871. The minimum atomic E-state index is -2.83. The largest absolute Gasteiger partial charge is 0.492 e. The smallest absolute Gasteiger partial charge is 0.387 e. The van der Waals surface area contributed by atoms with Crippen molar-refractivity contribution in [1.29, 1.82) is 0 Å². The topological polar surface area (TPSA) is 50.8 Å². The van der Waals surface area contributed by atoms with Gasteiger partial charge in [-0.15, -0.1) is 0 Å². The van der Waals surface area contributed by atoms with E-state index >= 15 is 0 Å². The number of nitrogens with zero attached hydrogens (tertiary/aromatic N) is 1. The van der Waals surface area contributed by atoms with Crippen molar-refractivity contribution in [3.05, 3.63) is 59.7 Å². The highest BCUT2D eigenvalue weighted by molar-refractivity contribution is 5.77. The summed E-state index contributed by atoms with van der Waals surface area (Å²) in [7, 11) is 1.86. The molecule has 0 spiro atoms. The second-order valence-corrected chi connectivity index (χ2v) is 6.53. The monoisotopic (exact) mass is 392 g/mol. The summed E-state index contributed by atoms with van der Waals surface area (Å²) in [5, 5.41) is 2.85. The van der Waals surface area contributed by atoms with Crippen molar-refractivity contribution in [3.63, 3.8) is 0 Å². The first-order chi connectivity index (χ1) is 13.4. The van der Waals surface area contributed by atoms with Gasteiger partial charge in [-0.1, -0.05) is 24.3 Å². The maximum Gasteiger partial charge on any atom is 0.387 e. The van der Waals surface area contributed by atoms with Gasteiger partial charge in [0, 0.05) is 13.1 Å². The molecule has 152 valence electrons. The quantitative estimate of drug-likeness (QED) is 0.638. The highest BCUT2D eigenvalue weighted by Gasteiger charge is 2.07. The van der Waals surface area contributed by atoms with E-state index in [9.17, 15) is 13.6 Å². The molecule has 2 aromatic rings. The van der Waals surface area contributed by atoms with Crippen LogP contribution in [0.1, 0.15) is 11.1 Å². The molecule has 1 amide bonds. The fourth-order valence-electron chi connectivity index (χ4n) is 2.59. The molecule has 0 aliphatic rings. The Bertz CT molecular complexity index is 739. The summed E-state index contributed by atoms with van der Waals surface area (Å²) < 4.78 is 34.2. The van der Waals surface area contributed by atoms with Crippen LogP contribution in [0.5, 0.6) is 11.5 Å². The first-order valence-corrected chi connectivity index (χ1v) is 9.11. The Morgan fingerprint density at radius 1 is 1.14 bits per heavy atom. The van der Waals surface area contributed by atoms with Gasteiger partial charge in [0.15, 0.2) is 0 Å². The number of aryl methyl sites for hydroxylation is 1. The third-order valence-corrected chi connectivity index (χ3v) is 4.03. The Labute approximate surface area is 164 Å². The molecule has 0 unspecified atom stereocenters. The van der Waals surface area contributed by atoms with Gasteiger partial charge in [0.2, 0.25) is 5.91 Å². The molecular weight excluding hydrogens is 366 g/mol. The van der Waals surface area contributed by atoms with E-state index in [1.54, 1.807) is 12.1 Å². The van der Waals surface area contributed by atoms with Gasteiger partial charge in [-0.25, -0.2) is 0 Å². The maximum atomic E-state index is 12.1. The van der Waals surface area contributed by atoms with Gasteiger partial charge in [-0.3, -0.25) is 9.69 Å². The number of likely N-dealkylation sites (N-methyl/N-ethyl adjacent to an activating group) is 1. The predicted molar refractivity (Wildman–Crippen MR) is 104 cm³/mol. The van der Waals surface area contributed by atoms with Crippen LogP contribution in [0.25, 0.3) is 0 Å². The molecule has 7 heteroatoms. The van der Waals surface area contributed by atoms with Crippen LogP contribution in [0, 0.1) is 6.92 Å². The summed E-state index contributed by atoms with van der Waals surface area (Å²) in [5.41, 5.74) is 2.07. The fraction of sp³-hybridized carbons (Fsp3) is 0.381. The second kappa shape index (κ2) is 11.2. The number of ether oxygens (including phenoxy) is 2. The van der Waals surface area contributed by atoms with Crippen molar-refractivity contribution in [1.82, 2.24) is 10.2 Å². The second-order valence-electron chi connectivity index (χ2n) is 6.53. The normalized spacial score (nSPS) is 10.9. The van der Waals surface area contributed by atoms with Crippen LogP contribution < -0.4 is 14.8 Å². The number of alkyl halides is 2. The van der Waals surface area contributed by atoms with Gasteiger partial charge in [-0.2, -0.15) is 8.78 Å². The molecule has 0 bridgehead atoms. The SMILES string of the molecule is Cc1cccc(OCCN(C)CC(=O)NCCc2ccc(OC(F)F)cc2)c1. The lowest BCUT2D eigenvalue weighted by atomic mass is 10.1. The van der Waals surface area contributed by atoms with Crippen LogP contribution in [0.4, 0.5) is 8.78 Å². The molecular formula is C21H26F2N2O3. The number of benzene rings is 2.